The lowest BCUT2D eigenvalue weighted by Gasteiger charge is -2.17. The Labute approximate surface area is 196 Å². The largest absolute Gasteiger partial charge is 0.246 e. The summed E-state index contributed by atoms with van der Waals surface area (Å²) in [6.07, 6.45) is 0. The van der Waals surface area contributed by atoms with Gasteiger partial charge in [0, 0.05) is 16.5 Å². The minimum Gasteiger partial charge on any atom is -0.246 e. The maximum absolute atomic E-state index is 5.42. The van der Waals surface area contributed by atoms with Gasteiger partial charge < -0.3 is 0 Å². The van der Waals surface area contributed by atoms with Crippen molar-refractivity contribution in [3.05, 3.63) is 107 Å². The molecule has 0 radical (unpaired) electrons. The van der Waals surface area contributed by atoms with Crippen molar-refractivity contribution >= 4 is 33.6 Å². The van der Waals surface area contributed by atoms with Crippen LogP contribution in [0, 0.1) is 6.92 Å². The van der Waals surface area contributed by atoms with Gasteiger partial charge in [0.05, 0.1) is 22.8 Å². The summed E-state index contributed by atoms with van der Waals surface area (Å²) in [6, 6.07) is 28.0. The fraction of sp³-hybridized carbons (Fsp3) is 0.226. The van der Waals surface area contributed by atoms with Gasteiger partial charge in [0.15, 0.2) is 0 Å². The second-order valence-electron chi connectivity index (χ2n) is 9.56. The van der Waals surface area contributed by atoms with Crippen molar-refractivity contribution in [1.29, 1.82) is 0 Å². The Balaban J connectivity index is 1.82. The highest BCUT2D eigenvalue weighted by Gasteiger charge is 2.28. The summed E-state index contributed by atoms with van der Waals surface area (Å²) < 4.78 is 0. The van der Waals surface area contributed by atoms with E-state index in [1.165, 1.54) is 33.0 Å². The zero-order valence-electron chi connectivity index (χ0n) is 20.1. The third kappa shape index (κ3) is 3.80. The Morgan fingerprint density at radius 1 is 0.576 bits per heavy atom. The van der Waals surface area contributed by atoms with E-state index in [9.17, 15) is 0 Å². The average Bonchev–Trinajstić information content (AvgIpc) is 3.09. The normalized spacial score (nSPS) is 15.5. The van der Waals surface area contributed by atoms with Crippen LogP contribution in [0.5, 0.6) is 0 Å². The minimum atomic E-state index is 0.389. The molecule has 33 heavy (non-hydrogen) atoms. The van der Waals surface area contributed by atoms with Gasteiger partial charge >= 0.3 is 0 Å². The first-order valence-corrected chi connectivity index (χ1v) is 11.8. The summed E-state index contributed by atoms with van der Waals surface area (Å²) in [5.41, 5.74) is 10.1. The van der Waals surface area contributed by atoms with Crippen molar-refractivity contribution in [1.82, 2.24) is 0 Å². The van der Waals surface area contributed by atoms with Crippen molar-refractivity contribution in [2.24, 2.45) is 9.98 Å². The Morgan fingerprint density at radius 3 is 1.64 bits per heavy atom. The lowest BCUT2D eigenvalue weighted by molar-refractivity contribution is 0.835. The lowest BCUT2D eigenvalue weighted by atomic mass is 9.92. The van der Waals surface area contributed by atoms with Gasteiger partial charge in [-0.3, -0.25) is 0 Å². The number of benzene rings is 4. The molecule has 0 atom stereocenters. The number of hydrogen-bond acceptors (Lipinski definition) is 2. The number of rotatable bonds is 4. The number of aryl methyl sites for hydroxylation is 1. The van der Waals surface area contributed by atoms with E-state index < -0.39 is 0 Å². The number of aliphatic imine (C=N–C) groups is 2. The molecule has 0 amide bonds. The van der Waals surface area contributed by atoms with Crippen LogP contribution in [0.3, 0.4) is 0 Å². The zero-order valence-corrected chi connectivity index (χ0v) is 20.1. The highest BCUT2D eigenvalue weighted by molar-refractivity contribution is 6.61. The Morgan fingerprint density at radius 2 is 1.09 bits per heavy atom. The van der Waals surface area contributed by atoms with E-state index in [0.29, 0.717) is 11.8 Å². The van der Waals surface area contributed by atoms with Crippen molar-refractivity contribution < 1.29 is 0 Å². The second-order valence-corrected chi connectivity index (χ2v) is 9.56. The van der Waals surface area contributed by atoms with Crippen molar-refractivity contribution in [3.63, 3.8) is 0 Å². The number of nitrogens with zero attached hydrogens (tertiary/aromatic N) is 2. The third-order valence-electron chi connectivity index (χ3n) is 6.48. The molecule has 4 aromatic rings. The van der Waals surface area contributed by atoms with Crippen LogP contribution in [0.4, 0.5) is 11.4 Å². The van der Waals surface area contributed by atoms with Crippen molar-refractivity contribution in [3.8, 4) is 0 Å². The molecular weight excluding hydrogens is 400 g/mol. The number of hydrogen-bond donors (Lipinski definition) is 0. The average molecular weight is 431 g/mol. The molecule has 2 heteroatoms. The van der Waals surface area contributed by atoms with Gasteiger partial charge in [-0.25, -0.2) is 9.98 Å². The third-order valence-corrected chi connectivity index (χ3v) is 6.48. The van der Waals surface area contributed by atoms with E-state index >= 15 is 0 Å². The maximum Gasteiger partial charge on any atom is 0.0979 e. The Bertz CT molecular complexity index is 1370. The van der Waals surface area contributed by atoms with Gasteiger partial charge in [0.1, 0.15) is 0 Å². The summed E-state index contributed by atoms with van der Waals surface area (Å²) in [7, 11) is 0. The summed E-state index contributed by atoms with van der Waals surface area (Å²) in [5, 5.41) is 2.48. The molecule has 4 aromatic carbocycles. The molecule has 164 valence electrons. The van der Waals surface area contributed by atoms with E-state index in [-0.39, 0.29) is 0 Å². The Kier molecular flexibility index (Phi) is 5.46. The molecule has 0 heterocycles. The van der Waals surface area contributed by atoms with E-state index in [2.05, 4.69) is 113 Å². The minimum absolute atomic E-state index is 0.389. The van der Waals surface area contributed by atoms with Crippen molar-refractivity contribution in [2.45, 2.75) is 46.5 Å². The Hall–Kier alpha value is -3.52. The molecule has 2 nitrogen and oxygen atoms in total. The molecule has 0 saturated heterocycles. The molecule has 0 bridgehead atoms. The van der Waals surface area contributed by atoms with Crippen molar-refractivity contribution in [2.75, 3.05) is 0 Å². The summed E-state index contributed by atoms with van der Waals surface area (Å²) >= 11 is 0. The predicted octanol–water partition coefficient (Wildman–Crippen LogP) is 8.65. The predicted molar refractivity (Wildman–Crippen MR) is 142 cm³/mol. The standard InChI is InChI=1S/C31H30N2/c1-19(2)24-11-8-12-25(20(3)4)29(24)33-31-27-14-7-10-22-9-6-13-26(28(22)27)30(31)32-23-17-15-21(5)16-18-23/h6-20H,1-5H3. The first kappa shape index (κ1) is 21.3. The second kappa shape index (κ2) is 8.44. The monoisotopic (exact) mass is 430 g/mol. The SMILES string of the molecule is Cc1ccc(N=C2C(=Nc3c(C(C)C)cccc3C(C)C)c3cccc4cccc2c34)cc1. The smallest absolute Gasteiger partial charge is 0.0979 e. The quantitative estimate of drug-likeness (QED) is 0.309. The highest BCUT2D eigenvalue weighted by atomic mass is 14.8. The number of para-hydroxylation sites is 1. The first-order valence-electron chi connectivity index (χ1n) is 11.8. The molecule has 0 fully saturated rings. The summed E-state index contributed by atoms with van der Waals surface area (Å²) in [6.45, 7) is 11.1. The van der Waals surface area contributed by atoms with Gasteiger partial charge in [-0.15, -0.1) is 0 Å². The molecule has 0 N–H and O–H groups in total. The first-order chi connectivity index (χ1) is 15.9. The highest BCUT2D eigenvalue weighted by Crippen LogP contribution is 2.39. The fourth-order valence-corrected chi connectivity index (χ4v) is 4.72. The van der Waals surface area contributed by atoms with Crippen LogP contribution >= 0.6 is 0 Å². The van der Waals surface area contributed by atoms with Gasteiger partial charge in [0.25, 0.3) is 0 Å². The summed E-state index contributed by atoms with van der Waals surface area (Å²) in [4.78, 5) is 10.6. The van der Waals surface area contributed by atoms with Crippen LogP contribution in [0.25, 0.3) is 10.8 Å². The van der Waals surface area contributed by atoms with Crippen LogP contribution in [0.1, 0.15) is 67.3 Å². The summed E-state index contributed by atoms with van der Waals surface area (Å²) in [5.74, 6) is 0.778. The van der Waals surface area contributed by atoms with E-state index in [1.54, 1.807) is 0 Å². The fourth-order valence-electron chi connectivity index (χ4n) is 4.72. The molecule has 0 aliphatic heterocycles. The molecule has 0 unspecified atom stereocenters. The van der Waals surface area contributed by atoms with Gasteiger partial charge in [-0.1, -0.05) is 100.0 Å². The maximum atomic E-state index is 5.42. The van der Waals surface area contributed by atoms with Crippen LogP contribution in [-0.4, -0.2) is 11.4 Å². The van der Waals surface area contributed by atoms with Crippen LogP contribution in [0.15, 0.2) is 88.8 Å². The van der Waals surface area contributed by atoms with E-state index in [0.717, 1.165) is 28.4 Å². The molecular formula is C31H30N2. The van der Waals surface area contributed by atoms with E-state index in [4.69, 9.17) is 9.98 Å². The van der Waals surface area contributed by atoms with Crippen LogP contribution in [0.2, 0.25) is 0 Å². The molecule has 0 spiro atoms. The molecule has 1 aliphatic rings. The molecule has 5 rings (SSSR count). The molecule has 0 aromatic heterocycles. The zero-order chi connectivity index (χ0) is 23.1. The molecule has 1 aliphatic carbocycles. The van der Waals surface area contributed by atoms with Crippen LogP contribution in [-0.2, 0) is 0 Å². The van der Waals surface area contributed by atoms with Gasteiger partial charge in [-0.05, 0) is 47.4 Å². The topological polar surface area (TPSA) is 24.7 Å². The van der Waals surface area contributed by atoms with Crippen LogP contribution < -0.4 is 0 Å². The van der Waals surface area contributed by atoms with Gasteiger partial charge in [-0.2, -0.15) is 0 Å². The van der Waals surface area contributed by atoms with Gasteiger partial charge in [0.2, 0.25) is 0 Å². The van der Waals surface area contributed by atoms with E-state index in [1.807, 2.05) is 0 Å². The lowest BCUT2D eigenvalue weighted by Crippen LogP contribution is -2.11. The molecule has 0 saturated carbocycles.